The van der Waals surface area contributed by atoms with Crippen molar-refractivity contribution in [2.75, 3.05) is 0 Å². The monoisotopic (exact) mass is 396 g/mol. The Morgan fingerprint density at radius 2 is 1.62 bits per heavy atom. The van der Waals surface area contributed by atoms with E-state index in [2.05, 4.69) is 29.0 Å². The van der Waals surface area contributed by atoms with E-state index in [0.717, 1.165) is 24.8 Å². The number of Topliss-reactive ketones (excluding diaryl/α,β-unsaturated/α-hetero) is 1. The highest BCUT2D eigenvalue weighted by Gasteiger charge is 2.13. The molecule has 4 heteroatoms. The Hall–Kier alpha value is -2.23. The average molecular weight is 397 g/mol. The molecule has 2 aromatic heterocycles. The molecule has 0 aliphatic rings. The SMILES string of the molecule is CCCCCCCC/C=C\CCCCCCC(=O)c1ncc(-c2cccnc2)o1. The molecular formula is C25H36N2O2. The first-order chi connectivity index (χ1) is 14.3. The fraction of sp³-hybridized carbons (Fsp3) is 0.560. The van der Waals surface area contributed by atoms with Gasteiger partial charge in [-0.05, 0) is 44.2 Å². The third-order valence-electron chi connectivity index (χ3n) is 5.11. The second-order valence-corrected chi connectivity index (χ2v) is 7.68. The summed E-state index contributed by atoms with van der Waals surface area (Å²) in [5.74, 6) is 0.787. The van der Waals surface area contributed by atoms with E-state index in [1.54, 1.807) is 18.6 Å². The number of ketones is 1. The first kappa shape index (κ1) is 23.1. The first-order valence-corrected chi connectivity index (χ1v) is 11.4. The first-order valence-electron chi connectivity index (χ1n) is 11.4. The molecule has 2 rings (SSSR count). The van der Waals surface area contributed by atoms with Gasteiger partial charge >= 0.3 is 0 Å². The molecule has 0 saturated heterocycles. The highest BCUT2D eigenvalue weighted by Crippen LogP contribution is 2.20. The Balaban J connectivity index is 1.48. The lowest BCUT2D eigenvalue weighted by Gasteiger charge is -1.99. The van der Waals surface area contributed by atoms with Gasteiger partial charge in [-0.15, -0.1) is 0 Å². The van der Waals surface area contributed by atoms with E-state index in [4.69, 9.17) is 4.42 Å². The van der Waals surface area contributed by atoms with Gasteiger partial charge in [0.15, 0.2) is 5.76 Å². The quantitative estimate of drug-likeness (QED) is 0.167. The van der Waals surface area contributed by atoms with Crippen LogP contribution in [0.2, 0.25) is 0 Å². The number of unbranched alkanes of at least 4 members (excludes halogenated alkanes) is 10. The minimum atomic E-state index is -0.0148. The average Bonchev–Trinajstić information content (AvgIpc) is 3.25. The van der Waals surface area contributed by atoms with Crippen LogP contribution in [-0.4, -0.2) is 15.8 Å². The van der Waals surface area contributed by atoms with Crippen molar-refractivity contribution >= 4 is 5.78 Å². The summed E-state index contributed by atoms with van der Waals surface area (Å²) in [6.07, 6.45) is 25.1. The van der Waals surface area contributed by atoms with Gasteiger partial charge in [0.25, 0.3) is 5.89 Å². The Bertz CT molecular complexity index is 707. The van der Waals surface area contributed by atoms with Crippen LogP contribution in [0.25, 0.3) is 11.3 Å². The maximum absolute atomic E-state index is 12.2. The van der Waals surface area contributed by atoms with Crippen LogP contribution in [0.1, 0.15) is 101 Å². The molecule has 0 spiro atoms. The molecule has 0 fully saturated rings. The van der Waals surface area contributed by atoms with E-state index in [1.807, 2.05) is 12.1 Å². The molecule has 0 aliphatic heterocycles. The normalized spacial score (nSPS) is 11.3. The standard InChI is InChI=1S/C25H36N2O2/c1-2-3-4-5-6-7-8-9-10-11-12-13-14-15-18-23(28)25-27-21-24(29-25)22-17-16-19-26-20-22/h9-10,16-17,19-21H,2-8,11-15,18H2,1H3/b10-9-. The van der Waals surface area contributed by atoms with Crippen LogP contribution in [0.15, 0.2) is 47.3 Å². The van der Waals surface area contributed by atoms with Crippen molar-refractivity contribution in [1.82, 2.24) is 9.97 Å². The van der Waals surface area contributed by atoms with E-state index in [9.17, 15) is 4.79 Å². The van der Waals surface area contributed by atoms with Gasteiger partial charge in [-0.25, -0.2) is 4.98 Å². The van der Waals surface area contributed by atoms with Crippen LogP contribution in [0.5, 0.6) is 0 Å². The zero-order chi connectivity index (χ0) is 20.6. The Morgan fingerprint density at radius 3 is 2.31 bits per heavy atom. The number of hydrogen-bond donors (Lipinski definition) is 0. The number of aromatic nitrogens is 2. The van der Waals surface area contributed by atoms with E-state index in [-0.39, 0.29) is 11.7 Å². The van der Waals surface area contributed by atoms with E-state index in [0.29, 0.717) is 12.2 Å². The summed E-state index contributed by atoms with van der Waals surface area (Å²) < 4.78 is 5.59. The van der Waals surface area contributed by atoms with Crippen LogP contribution in [0.3, 0.4) is 0 Å². The molecule has 29 heavy (non-hydrogen) atoms. The van der Waals surface area contributed by atoms with Crippen molar-refractivity contribution in [3.8, 4) is 11.3 Å². The number of nitrogens with zero attached hydrogens (tertiary/aromatic N) is 2. The van der Waals surface area contributed by atoms with Crippen LogP contribution in [-0.2, 0) is 0 Å². The highest BCUT2D eigenvalue weighted by atomic mass is 16.4. The molecule has 2 heterocycles. The Kier molecular flexibility index (Phi) is 11.7. The predicted molar refractivity (Wildman–Crippen MR) is 119 cm³/mol. The second-order valence-electron chi connectivity index (χ2n) is 7.68. The fourth-order valence-electron chi connectivity index (χ4n) is 3.33. The minimum Gasteiger partial charge on any atom is -0.434 e. The third-order valence-corrected chi connectivity index (χ3v) is 5.11. The van der Waals surface area contributed by atoms with E-state index >= 15 is 0 Å². The molecule has 0 aromatic carbocycles. The molecule has 0 radical (unpaired) electrons. The predicted octanol–water partition coefficient (Wildman–Crippen LogP) is 7.57. The van der Waals surface area contributed by atoms with Gasteiger partial charge in [-0.2, -0.15) is 0 Å². The molecule has 2 aromatic rings. The van der Waals surface area contributed by atoms with Crippen LogP contribution in [0, 0.1) is 0 Å². The summed E-state index contributed by atoms with van der Waals surface area (Å²) in [4.78, 5) is 20.4. The van der Waals surface area contributed by atoms with Crippen molar-refractivity contribution in [2.45, 2.75) is 90.4 Å². The van der Waals surface area contributed by atoms with Crippen molar-refractivity contribution < 1.29 is 9.21 Å². The van der Waals surface area contributed by atoms with Gasteiger partial charge in [0.05, 0.1) is 6.20 Å². The number of oxazole rings is 1. The van der Waals surface area contributed by atoms with Gasteiger partial charge in [0, 0.05) is 24.4 Å². The molecule has 158 valence electrons. The van der Waals surface area contributed by atoms with Crippen LogP contribution in [0.4, 0.5) is 0 Å². The summed E-state index contributed by atoms with van der Waals surface area (Å²) in [5.41, 5.74) is 0.837. The van der Waals surface area contributed by atoms with E-state index < -0.39 is 0 Å². The lowest BCUT2D eigenvalue weighted by molar-refractivity contribution is 0.0946. The van der Waals surface area contributed by atoms with Gasteiger partial charge in [0.1, 0.15) is 0 Å². The summed E-state index contributed by atoms with van der Waals surface area (Å²) in [6, 6.07) is 3.73. The maximum atomic E-state index is 12.2. The third kappa shape index (κ3) is 9.69. The van der Waals surface area contributed by atoms with Crippen molar-refractivity contribution in [1.29, 1.82) is 0 Å². The van der Waals surface area contributed by atoms with Crippen molar-refractivity contribution in [2.24, 2.45) is 0 Å². The second kappa shape index (κ2) is 14.7. The van der Waals surface area contributed by atoms with Crippen molar-refractivity contribution in [3.63, 3.8) is 0 Å². The Labute approximate surface area is 175 Å². The molecule has 0 atom stereocenters. The summed E-state index contributed by atoms with van der Waals surface area (Å²) >= 11 is 0. The molecule has 0 N–H and O–H groups in total. The highest BCUT2D eigenvalue weighted by molar-refractivity contribution is 5.91. The van der Waals surface area contributed by atoms with Gasteiger partial charge in [-0.3, -0.25) is 9.78 Å². The number of allylic oxidation sites excluding steroid dienone is 2. The smallest absolute Gasteiger partial charge is 0.263 e. The minimum absolute atomic E-state index is 0.0148. The summed E-state index contributed by atoms with van der Waals surface area (Å²) in [6.45, 7) is 2.26. The lowest BCUT2D eigenvalue weighted by Crippen LogP contribution is -1.98. The lowest BCUT2D eigenvalue weighted by atomic mass is 10.1. The van der Waals surface area contributed by atoms with Crippen LogP contribution >= 0.6 is 0 Å². The summed E-state index contributed by atoms with van der Waals surface area (Å²) in [5, 5.41) is 0. The molecule has 0 bridgehead atoms. The summed E-state index contributed by atoms with van der Waals surface area (Å²) in [7, 11) is 0. The van der Waals surface area contributed by atoms with Crippen LogP contribution < -0.4 is 0 Å². The molecular weight excluding hydrogens is 360 g/mol. The molecule has 4 nitrogen and oxygen atoms in total. The Morgan fingerprint density at radius 1 is 0.931 bits per heavy atom. The number of hydrogen-bond acceptors (Lipinski definition) is 4. The van der Waals surface area contributed by atoms with E-state index in [1.165, 1.54) is 57.8 Å². The number of carbonyl (C=O) groups excluding carboxylic acids is 1. The molecule has 0 unspecified atom stereocenters. The van der Waals surface area contributed by atoms with Crippen molar-refractivity contribution in [3.05, 3.63) is 48.8 Å². The number of pyridine rings is 1. The zero-order valence-corrected chi connectivity index (χ0v) is 17.9. The number of rotatable bonds is 16. The largest absolute Gasteiger partial charge is 0.434 e. The zero-order valence-electron chi connectivity index (χ0n) is 17.9. The van der Waals surface area contributed by atoms with Gasteiger partial charge in [0.2, 0.25) is 5.78 Å². The van der Waals surface area contributed by atoms with Gasteiger partial charge < -0.3 is 4.42 Å². The maximum Gasteiger partial charge on any atom is 0.263 e. The topological polar surface area (TPSA) is 56.0 Å². The molecule has 0 aliphatic carbocycles. The molecule has 0 saturated carbocycles. The fourth-order valence-corrected chi connectivity index (χ4v) is 3.33. The van der Waals surface area contributed by atoms with Gasteiger partial charge in [-0.1, -0.05) is 64.0 Å². The molecule has 0 amide bonds. The number of carbonyl (C=O) groups is 1.